The Hall–Kier alpha value is -3.54. The number of hydrogen-bond acceptors (Lipinski definition) is 3. The maximum absolute atomic E-state index is 12.8. The van der Waals surface area contributed by atoms with Gasteiger partial charge in [-0.05, 0) is 50.2 Å². The summed E-state index contributed by atoms with van der Waals surface area (Å²) in [5.74, 6) is -0.722. The fourth-order valence-corrected chi connectivity index (χ4v) is 3.20. The normalized spacial score (nSPS) is 11.0. The Morgan fingerprint density at radius 2 is 1.85 bits per heavy atom. The zero-order valence-corrected chi connectivity index (χ0v) is 14.4. The van der Waals surface area contributed by atoms with Gasteiger partial charge in [0.1, 0.15) is 0 Å². The highest BCUT2D eigenvalue weighted by Crippen LogP contribution is 2.22. The minimum Gasteiger partial charge on any atom is -0.408 e. The smallest absolute Gasteiger partial charge is 0.408 e. The van der Waals surface area contributed by atoms with E-state index in [1.807, 2.05) is 54.8 Å². The van der Waals surface area contributed by atoms with Gasteiger partial charge in [0.05, 0.1) is 11.1 Å². The van der Waals surface area contributed by atoms with Crippen molar-refractivity contribution < 1.29 is 9.21 Å². The standard InChI is InChI=1S/C20H17N3O3/c1-12-10-16(13(2)23(12)15-6-4-3-5-7-15)19(24)21-14-8-9-18-17(11-14)22-20(25)26-18/h3-11H,1-2H3,(H,21,24)(H,22,25). The summed E-state index contributed by atoms with van der Waals surface area (Å²) < 4.78 is 7.02. The van der Waals surface area contributed by atoms with Crippen molar-refractivity contribution in [1.82, 2.24) is 9.55 Å². The van der Waals surface area contributed by atoms with Gasteiger partial charge in [0.15, 0.2) is 5.58 Å². The number of aromatic nitrogens is 2. The molecule has 2 N–H and O–H groups in total. The number of benzene rings is 2. The van der Waals surface area contributed by atoms with E-state index in [1.54, 1.807) is 18.2 Å². The SMILES string of the molecule is Cc1cc(C(=O)Nc2ccc3oc(=O)[nH]c3c2)c(C)n1-c1ccccc1. The summed E-state index contributed by atoms with van der Waals surface area (Å²) in [5.41, 5.74) is 5.05. The summed E-state index contributed by atoms with van der Waals surface area (Å²) in [5, 5.41) is 2.88. The van der Waals surface area contributed by atoms with Crippen molar-refractivity contribution >= 4 is 22.7 Å². The molecule has 0 fully saturated rings. The van der Waals surface area contributed by atoms with E-state index in [9.17, 15) is 9.59 Å². The highest BCUT2D eigenvalue weighted by molar-refractivity contribution is 6.06. The number of nitrogens with zero attached hydrogens (tertiary/aromatic N) is 1. The first kappa shape index (κ1) is 16.0. The first-order valence-electron chi connectivity index (χ1n) is 8.21. The van der Waals surface area contributed by atoms with Crippen molar-refractivity contribution in [1.29, 1.82) is 0 Å². The van der Waals surface area contributed by atoms with Gasteiger partial charge in [-0.3, -0.25) is 9.78 Å². The molecule has 0 spiro atoms. The third-order valence-electron chi connectivity index (χ3n) is 4.37. The number of fused-ring (bicyclic) bond motifs is 1. The number of oxazole rings is 1. The minimum atomic E-state index is -0.519. The first-order chi connectivity index (χ1) is 12.5. The lowest BCUT2D eigenvalue weighted by Crippen LogP contribution is -2.13. The number of anilines is 1. The summed E-state index contributed by atoms with van der Waals surface area (Å²) in [7, 11) is 0. The highest BCUT2D eigenvalue weighted by atomic mass is 16.4. The van der Waals surface area contributed by atoms with Gasteiger partial charge >= 0.3 is 5.76 Å². The van der Waals surface area contributed by atoms with Gasteiger partial charge in [0.25, 0.3) is 5.91 Å². The van der Waals surface area contributed by atoms with Crippen LogP contribution >= 0.6 is 0 Å². The molecule has 0 saturated heterocycles. The lowest BCUT2D eigenvalue weighted by Gasteiger charge is -2.10. The first-order valence-corrected chi connectivity index (χ1v) is 8.21. The average molecular weight is 347 g/mol. The number of aryl methyl sites for hydroxylation is 1. The van der Waals surface area contributed by atoms with E-state index in [0.29, 0.717) is 22.4 Å². The van der Waals surface area contributed by atoms with Gasteiger partial charge in [0.2, 0.25) is 0 Å². The highest BCUT2D eigenvalue weighted by Gasteiger charge is 2.17. The molecule has 130 valence electrons. The molecule has 0 radical (unpaired) electrons. The molecule has 0 atom stereocenters. The number of carbonyl (C=O) groups is 1. The van der Waals surface area contributed by atoms with Crippen LogP contribution in [0.1, 0.15) is 21.7 Å². The molecule has 0 unspecified atom stereocenters. The molecule has 0 saturated carbocycles. The second kappa shape index (κ2) is 6.07. The summed E-state index contributed by atoms with van der Waals surface area (Å²) >= 11 is 0. The van der Waals surface area contributed by atoms with Gasteiger partial charge in [-0.25, -0.2) is 4.79 Å². The number of hydrogen-bond donors (Lipinski definition) is 2. The molecule has 2 aromatic carbocycles. The zero-order valence-electron chi connectivity index (χ0n) is 14.4. The van der Waals surface area contributed by atoms with Gasteiger partial charge < -0.3 is 14.3 Å². The average Bonchev–Trinajstić information content (AvgIpc) is 3.13. The molecule has 4 aromatic rings. The number of amides is 1. The Bertz CT molecular complexity index is 1170. The molecule has 0 aliphatic carbocycles. The minimum absolute atomic E-state index is 0.203. The van der Waals surface area contributed by atoms with E-state index >= 15 is 0 Å². The zero-order chi connectivity index (χ0) is 18.3. The van der Waals surface area contributed by atoms with E-state index < -0.39 is 5.76 Å². The Kier molecular flexibility index (Phi) is 3.73. The lowest BCUT2D eigenvalue weighted by atomic mass is 10.2. The predicted molar refractivity (Wildman–Crippen MR) is 100 cm³/mol. The second-order valence-corrected chi connectivity index (χ2v) is 6.14. The number of para-hydroxylation sites is 1. The van der Waals surface area contributed by atoms with E-state index in [0.717, 1.165) is 17.1 Å². The van der Waals surface area contributed by atoms with Crippen molar-refractivity contribution in [2.45, 2.75) is 13.8 Å². The van der Waals surface area contributed by atoms with Gasteiger partial charge in [-0.15, -0.1) is 0 Å². The van der Waals surface area contributed by atoms with E-state index in [4.69, 9.17) is 4.42 Å². The van der Waals surface area contributed by atoms with Gasteiger partial charge in [-0.2, -0.15) is 0 Å². The molecule has 0 bridgehead atoms. The molecular weight excluding hydrogens is 330 g/mol. The molecule has 0 aliphatic rings. The Morgan fingerprint density at radius 1 is 1.08 bits per heavy atom. The molecule has 1 amide bonds. The second-order valence-electron chi connectivity index (χ2n) is 6.14. The van der Waals surface area contributed by atoms with Crippen molar-refractivity contribution in [3.05, 3.63) is 82.1 Å². The molecular formula is C20H17N3O3. The Morgan fingerprint density at radius 3 is 2.62 bits per heavy atom. The number of nitrogens with one attached hydrogen (secondary N) is 2. The van der Waals surface area contributed by atoms with Gasteiger partial charge in [-0.1, -0.05) is 18.2 Å². The summed E-state index contributed by atoms with van der Waals surface area (Å²) in [6.45, 7) is 3.89. The van der Waals surface area contributed by atoms with Crippen molar-refractivity contribution in [3.63, 3.8) is 0 Å². The largest absolute Gasteiger partial charge is 0.417 e. The summed E-state index contributed by atoms with van der Waals surface area (Å²) in [6, 6.07) is 16.8. The van der Waals surface area contributed by atoms with Crippen molar-refractivity contribution in [2.75, 3.05) is 5.32 Å². The predicted octanol–water partition coefficient (Wildman–Crippen LogP) is 3.78. The van der Waals surface area contributed by atoms with Crippen LogP contribution < -0.4 is 11.1 Å². The molecule has 6 heteroatoms. The lowest BCUT2D eigenvalue weighted by molar-refractivity contribution is 0.102. The quantitative estimate of drug-likeness (QED) is 0.592. The summed E-state index contributed by atoms with van der Waals surface area (Å²) in [4.78, 5) is 26.6. The van der Waals surface area contributed by atoms with E-state index in [-0.39, 0.29) is 5.91 Å². The van der Waals surface area contributed by atoms with Crippen LogP contribution in [0.2, 0.25) is 0 Å². The van der Waals surface area contributed by atoms with Crippen LogP contribution in [0.5, 0.6) is 0 Å². The number of aromatic amines is 1. The maximum Gasteiger partial charge on any atom is 0.417 e. The Labute approximate surface area is 149 Å². The monoisotopic (exact) mass is 347 g/mol. The van der Waals surface area contributed by atoms with E-state index in [1.165, 1.54) is 0 Å². The molecule has 4 rings (SSSR count). The fraction of sp³-hybridized carbons (Fsp3) is 0.100. The maximum atomic E-state index is 12.8. The molecule has 0 aliphatic heterocycles. The van der Waals surface area contributed by atoms with Crippen LogP contribution in [0, 0.1) is 13.8 Å². The van der Waals surface area contributed by atoms with Crippen molar-refractivity contribution in [2.24, 2.45) is 0 Å². The van der Waals surface area contributed by atoms with Crippen LogP contribution in [0.3, 0.4) is 0 Å². The third-order valence-corrected chi connectivity index (χ3v) is 4.37. The van der Waals surface area contributed by atoms with Crippen LogP contribution in [-0.4, -0.2) is 15.5 Å². The van der Waals surface area contributed by atoms with Gasteiger partial charge in [0, 0.05) is 22.8 Å². The molecule has 2 heterocycles. The Balaban J connectivity index is 1.66. The van der Waals surface area contributed by atoms with Crippen LogP contribution in [0.25, 0.3) is 16.8 Å². The van der Waals surface area contributed by atoms with Crippen molar-refractivity contribution in [3.8, 4) is 5.69 Å². The summed E-state index contributed by atoms with van der Waals surface area (Å²) in [6.07, 6.45) is 0. The number of rotatable bonds is 3. The molecule has 2 aromatic heterocycles. The fourth-order valence-electron chi connectivity index (χ4n) is 3.20. The third kappa shape index (κ3) is 2.71. The molecule has 6 nitrogen and oxygen atoms in total. The molecule has 26 heavy (non-hydrogen) atoms. The van der Waals surface area contributed by atoms with Crippen LogP contribution in [-0.2, 0) is 0 Å². The van der Waals surface area contributed by atoms with Crippen LogP contribution in [0.4, 0.5) is 5.69 Å². The number of H-pyrrole nitrogens is 1. The van der Waals surface area contributed by atoms with Crippen LogP contribution in [0.15, 0.2) is 63.8 Å². The topological polar surface area (TPSA) is 80.0 Å². The van der Waals surface area contributed by atoms with E-state index in [2.05, 4.69) is 10.3 Å². The number of carbonyl (C=O) groups excluding carboxylic acids is 1.